The van der Waals surface area contributed by atoms with Gasteiger partial charge in [-0.1, -0.05) is 18.6 Å². The fourth-order valence-electron chi connectivity index (χ4n) is 4.33. The molecular formula is C19H29ClN2O2. The number of carbonyl (C=O) groups is 1. The van der Waals surface area contributed by atoms with Gasteiger partial charge in [-0.15, -0.1) is 12.4 Å². The predicted octanol–water partition coefficient (Wildman–Crippen LogP) is 3.07. The van der Waals surface area contributed by atoms with Crippen molar-refractivity contribution in [3.8, 4) is 5.75 Å². The lowest BCUT2D eigenvalue weighted by Crippen LogP contribution is -2.53. The zero-order chi connectivity index (χ0) is 16.2. The molecule has 24 heavy (non-hydrogen) atoms. The van der Waals surface area contributed by atoms with Crippen LogP contribution in [0.2, 0.25) is 0 Å². The molecule has 5 heteroatoms. The van der Waals surface area contributed by atoms with Crippen molar-refractivity contribution in [2.24, 2.45) is 17.6 Å². The van der Waals surface area contributed by atoms with E-state index in [1.807, 2.05) is 24.3 Å². The van der Waals surface area contributed by atoms with Crippen LogP contribution in [0, 0.1) is 11.8 Å². The quantitative estimate of drug-likeness (QED) is 0.855. The Bertz CT molecular complexity index is 521. The number of ether oxygens (including phenoxy) is 1. The van der Waals surface area contributed by atoms with E-state index < -0.39 is 0 Å². The van der Waals surface area contributed by atoms with Crippen LogP contribution in [0.5, 0.6) is 5.75 Å². The highest BCUT2D eigenvalue weighted by Gasteiger charge is 2.39. The molecule has 1 amide bonds. The maximum Gasteiger partial charge on any atom is 0.220 e. The summed E-state index contributed by atoms with van der Waals surface area (Å²) in [7, 11) is 1.66. The fourth-order valence-corrected chi connectivity index (χ4v) is 4.33. The molecule has 0 spiro atoms. The summed E-state index contributed by atoms with van der Waals surface area (Å²) in [4.78, 5) is 12.4. The normalized spacial score (nSPS) is 28.6. The van der Waals surface area contributed by atoms with Crippen LogP contribution in [0.15, 0.2) is 24.3 Å². The summed E-state index contributed by atoms with van der Waals surface area (Å²) < 4.78 is 5.16. The highest BCUT2D eigenvalue weighted by molar-refractivity contribution is 5.85. The lowest BCUT2D eigenvalue weighted by atomic mass is 9.67. The Morgan fingerprint density at radius 1 is 1.21 bits per heavy atom. The molecule has 2 unspecified atom stereocenters. The summed E-state index contributed by atoms with van der Waals surface area (Å²) in [5.41, 5.74) is 7.33. The minimum Gasteiger partial charge on any atom is -0.497 e. The molecule has 134 valence electrons. The van der Waals surface area contributed by atoms with E-state index in [1.165, 1.54) is 24.8 Å². The van der Waals surface area contributed by atoms with Gasteiger partial charge in [0.2, 0.25) is 5.91 Å². The molecule has 3 rings (SSSR count). The third-order valence-corrected chi connectivity index (χ3v) is 5.50. The Labute approximate surface area is 150 Å². The first-order valence-corrected chi connectivity index (χ1v) is 8.83. The van der Waals surface area contributed by atoms with E-state index in [1.54, 1.807) is 7.11 Å². The summed E-state index contributed by atoms with van der Waals surface area (Å²) in [6.07, 6.45) is 7.19. The van der Waals surface area contributed by atoms with Crippen LogP contribution in [0.1, 0.15) is 44.1 Å². The summed E-state index contributed by atoms with van der Waals surface area (Å²) in [6, 6.07) is 8.63. The molecule has 2 atom stereocenters. The van der Waals surface area contributed by atoms with Crippen molar-refractivity contribution in [3.05, 3.63) is 29.8 Å². The smallest absolute Gasteiger partial charge is 0.220 e. The number of benzene rings is 1. The van der Waals surface area contributed by atoms with Gasteiger partial charge in [0.15, 0.2) is 0 Å². The van der Waals surface area contributed by atoms with Crippen LogP contribution in [0.25, 0.3) is 0 Å². The molecule has 2 saturated carbocycles. The van der Waals surface area contributed by atoms with Crippen molar-refractivity contribution in [2.45, 2.75) is 57.0 Å². The molecule has 3 N–H and O–H groups in total. The standard InChI is InChI=1S/C19H28N2O2.ClH/c1-23-17-8-5-13(6-9-17)7-10-18(22)21-19-14-3-2-4-15(19)12-16(20)11-14;/h5-6,8-9,14-16,19H,2-4,7,10-12,20H2,1H3,(H,21,22);1H. The SMILES string of the molecule is COc1ccc(CCC(=O)NC2C3CCCC2CC(N)C3)cc1.Cl. The Hall–Kier alpha value is -1.26. The number of nitrogens with two attached hydrogens (primary N) is 1. The van der Waals surface area contributed by atoms with E-state index in [0.717, 1.165) is 25.0 Å². The Balaban J connectivity index is 0.00000208. The minimum absolute atomic E-state index is 0. The Kier molecular flexibility index (Phi) is 6.93. The lowest BCUT2D eigenvalue weighted by molar-refractivity contribution is -0.123. The highest BCUT2D eigenvalue weighted by atomic mass is 35.5. The van der Waals surface area contributed by atoms with Crippen LogP contribution >= 0.6 is 12.4 Å². The molecular weight excluding hydrogens is 324 g/mol. The number of hydrogen-bond acceptors (Lipinski definition) is 3. The van der Waals surface area contributed by atoms with Gasteiger partial charge < -0.3 is 15.8 Å². The minimum atomic E-state index is 0. The van der Waals surface area contributed by atoms with Crippen LogP contribution < -0.4 is 15.8 Å². The van der Waals surface area contributed by atoms with Gasteiger partial charge in [-0.25, -0.2) is 0 Å². The topological polar surface area (TPSA) is 64.3 Å². The van der Waals surface area contributed by atoms with E-state index in [-0.39, 0.29) is 18.3 Å². The van der Waals surface area contributed by atoms with Crippen LogP contribution in [-0.4, -0.2) is 25.1 Å². The van der Waals surface area contributed by atoms with E-state index in [9.17, 15) is 4.79 Å². The molecule has 2 fully saturated rings. The molecule has 0 saturated heterocycles. The van der Waals surface area contributed by atoms with Crippen molar-refractivity contribution in [1.29, 1.82) is 0 Å². The average Bonchev–Trinajstić information content (AvgIpc) is 2.54. The number of carbonyl (C=O) groups excluding carboxylic acids is 1. The number of rotatable bonds is 5. The van der Waals surface area contributed by atoms with Gasteiger partial charge in [-0.3, -0.25) is 4.79 Å². The number of fused-ring (bicyclic) bond motifs is 2. The average molecular weight is 353 g/mol. The van der Waals surface area contributed by atoms with E-state index >= 15 is 0 Å². The first-order valence-electron chi connectivity index (χ1n) is 8.83. The van der Waals surface area contributed by atoms with Gasteiger partial charge in [0, 0.05) is 18.5 Å². The number of halogens is 1. The second-order valence-electron chi connectivity index (χ2n) is 7.12. The maximum absolute atomic E-state index is 12.4. The summed E-state index contributed by atoms with van der Waals surface area (Å²) in [5.74, 6) is 2.20. The Morgan fingerprint density at radius 2 is 1.83 bits per heavy atom. The second-order valence-corrected chi connectivity index (χ2v) is 7.12. The van der Waals surface area contributed by atoms with E-state index in [2.05, 4.69) is 5.32 Å². The number of aryl methyl sites for hydroxylation is 1. The van der Waals surface area contributed by atoms with Gasteiger partial charge in [0.1, 0.15) is 5.75 Å². The summed E-state index contributed by atoms with van der Waals surface area (Å²) >= 11 is 0. The molecule has 1 aromatic carbocycles. The molecule has 2 aliphatic rings. The van der Waals surface area contributed by atoms with Gasteiger partial charge in [-0.05, 0) is 61.6 Å². The maximum atomic E-state index is 12.4. The molecule has 1 aromatic rings. The van der Waals surface area contributed by atoms with Crippen molar-refractivity contribution >= 4 is 18.3 Å². The van der Waals surface area contributed by atoms with Crippen LogP contribution in [0.4, 0.5) is 0 Å². The summed E-state index contributed by atoms with van der Waals surface area (Å²) in [6.45, 7) is 0. The van der Waals surface area contributed by atoms with Crippen LogP contribution in [-0.2, 0) is 11.2 Å². The predicted molar refractivity (Wildman–Crippen MR) is 98.5 cm³/mol. The van der Waals surface area contributed by atoms with Crippen molar-refractivity contribution in [2.75, 3.05) is 7.11 Å². The highest BCUT2D eigenvalue weighted by Crippen LogP contribution is 2.39. The molecule has 4 nitrogen and oxygen atoms in total. The van der Waals surface area contributed by atoms with Crippen molar-refractivity contribution < 1.29 is 9.53 Å². The van der Waals surface area contributed by atoms with Gasteiger partial charge in [0.05, 0.1) is 7.11 Å². The van der Waals surface area contributed by atoms with Gasteiger partial charge in [-0.2, -0.15) is 0 Å². The van der Waals surface area contributed by atoms with Gasteiger partial charge >= 0.3 is 0 Å². The molecule has 2 bridgehead atoms. The molecule has 0 aromatic heterocycles. The number of hydrogen-bond donors (Lipinski definition) is 2. The zero-order valence-corrected chi connectivity index (χ0v) is 15.2. The second kappa shape index (κ2) is 8.72. The van der Waals surface area contributed by atoms with Gasteiger partial charge in [0.25, 0.3) is 0 Å². The van der Waals surface area contributed by atoms with Crippen molar-refractivity contribution in [3.63, 3.8) is 0 Å². The molecule has 0 heterocycles. The largest absolute Gasteiger partial charge is 0.497 e. The Morgan fingerprint density at radius 3 is 2.42 bits per heavy atom. The summed E-state index contributed by atoms with van der Waals surface area (Å²) in [5, 5.41) is 3.32. The van der Waals surface area contributed by atoms with Crippen molar-refractivity contribution in [1.82, 2.24) is 5.32 Å². The number of methoxy groups -OCH3 is 1. The number of nitrogens with one attached hydrogen (secondary N) is 1. The molecule has 0 aliphatic heterocycles. The van der Waals surface area contributed by atoms with Crippen LogP contribution in [0.3, 0.4) is 0 Å². The lowest BCUT2D eigenvalue weighted by Gasteiger charge is -2.45. The van der Waals surface area contributed by atoms with E-state index in [4.69, 9.17) is 10.5 Å². The fraction of sp³-hybridized carbons (Fsp3) is 0.632. The first-order chi connectivity index (χ1) is 11.2. The van der Waals surface area contributed by atoms with E-state index in [0.29, 0.717) is 30.3 Å². The third-order valence-electron chi connectivity index (χ3n) is 5.50. The first kappa shape index (κ1) is 19.1. The number of amides is 1. The zero-order valence-electron chi connectivity index (χ0n) is 14.4. The molecule has 2 aliphatic carbocycles. The monoisotopic (exact) mass is 352 g/mol. The third kappa shape index (κ3) is 4.64. The molecule has 0 radical (unpaired) electrons.